The summed E-state index contributed by atoms with van der Waals surface area (Å²) in [6.45, 7) is 2.18. The van der Waals surface area contributed by atoms with Gasteiger partial charge in [0.2, 0.25) is 5.97 Å². The Morgan fingerprint density at radius 1 is 1.58 bits per heavy atom. The van der Waals surface area contributed by atoms with Gasteiger partial charge in [0, 0.05) is 32.7 Å². The molecule has 1 radical (unpaired) electrons. The van der Waals surface area contributed by atoms with Crippen molar-refractivity contribution in [1.29, 1.82) is 0 Å². The molecule has 0 heterocycles. The maximum Gasteiger partial charge on any atom is 0.250 e. The fraction of sp³-hybridized carbons (Fsp3) is 0.222. The van der Waals surface area contributed by atoms with Crippen LogP contribution in [0, 0.1) is 6.07 Å². The first-order valence-corrected chi connectivity index (χ1v) is 3.48. The maximum atomic E-state index is 11.0. The molecule has 1 aromatic carbocycles. The van der Waals surface area contributed by atoms with E-state index in [9.17, 15) is 4.79 Å². The Morgan fingerprint density at radius 2 is 2.33 bits per heavy atom. The number of hydrogen-bond donors (Lipinski definition) is 0. The molecule has 61 valence electrons. The normalized spacial score (nSPS) is 8.42. The minimum Gasteiger partial charge on any atom is -0.506 e. The van der Waals surface area contributed by atoms with Crippen molar-refractivity contribution in [2.45, 2.75) is 6.92 Å². The molecule has 0 aliphatic rings. The molecule has 0 spiro atoms. The Kier molecular flexibility index (Phi) is 6.22. The molecule has 0 fully saturated rings. The van der Waals surface area contributed by atoms with Crippen LogP contribution in [-0.2, 0) is 37.4 Å². The van der Waals surface area contributed by atoms with E-state index in [0.717, 1.165) is 0 Å². The fourth-order valence-corrected chi connectivity index (χ4v) is 0.729. The van der Waals surface area contributed by atoms with Crippen molar-refractivity contribution < 1.29 is 42.2 Å². The maximum absolute atomic E-state index is 11.0. The minimum absolute atomic E-state index is 0. The number of carbonyl (C=O) groups excluding carboxylic acids is 1. The minimum atomic E-state index is -0.312. The van der Waals surface area contributed by atoms with Crippen LogP contribution in [0.2, 0.25) is 0 Å². The second-order valence-electron chi connectivity index (χ2n) is 2.00. The van der Waals surface area contributed by atoms with Crippen LogP contribution in [-0.4, -0.2) is 12.6 Å². The van der Waals surface area contributed by atoms with Gasteiger partial charge >= 0.3 is 0 Å². The number of hydrogen-bond acceptors (Lipinski definition) is 2. The second-order valence-corrected chi connectivity index (χ2v) is 2.00. The molecule has 0 aromatic heterocycles. The van der Waals surface area contributed by atoms with Crippen LogP contribution in [0.3, 0.4) is 0 Å². The summed E-state index contributed by atoms with van der Waals surface area (Å²) < 4.78 is 4.76. The van der Waals surface area contributed by atoms with Crippen LogP contribution < -0.4 is 0 Å². The van der Waals surface area contributed by atoms with Crippen LogP contribution in [0.4, 0.5) is 0 Å². The van der Waals surface area contributed by atoms with Gasteiger partial charge in [0.25, 0.3) is 0 Å². The topological polar surface area (TPSA) is 26.3 Å². The quantitative estimate of drug-likeness (QED) is 0.578. The average Bonchev–Trinajstić information content (AvgIpc) is 2.07. The molecular formula is C9H9O2Y-. The molecular weight excluding hydrogens is 229 g/mol. The molecule has 0 N–H and O–H groups in total. The van der Waals surface area contributed by atoms with Crippen molar-refractivity contribution in [2.24, 2.45) is 0 Å². The average molecular weight is 238 g/mol. The molecule has 2 nitrogen and oxygen atoms in total. The SMILES string of the molecule is CCOC(=O)c1[c-]cccc1.[Y]. The molecule has 0 amide bonds. The van der Waals surface area contributed by atoms with Crippen molar-refractivity contribution in [3.63, 3.8) is 0 Å². The smallest absolute Gasteiger partial charge is 0.250 e. The summed E-state index contributed by atoms with van der Waals surface area (Å²) in [6, 6.07) is 9.73. The van der Waals surface area contributed by atoms with E-state index in [0.29, 0.717) is 12.2 Å². The van der Waals surface area contributed by atoms with Gasteiger partial charge in [-0.05, 0) is 6.92 Å². The van der Waals surface area contributed by atoms with Gasteiger partial charge in [-0.25, -0.2) is 0 Å². The molecule has 0 saturated carbocycles. The van der Waals surface area contributed by atoms with E-state index in [1.807, 2.05) is 6.07 Å². The third-order valence-electron chi connectivity index (χ3n) is 1.20. The van der Waals surface area contributed by atoms with E-state index in [1.54, 1.807) is 25.1 Å². The summed E-state index contributed by atoms with van der Waals surface area (Å²) in [7, 11) is 0. The van der Waals surface area contributed by atoms with Gasteiger partial charge in [0.1, 0.15) is 0 Å². The molecule has 0 aliphatic heterocycles. The van der Waals surface area contributed by atoms with Crippen molar-refractivity contribution >= 4 is 5.97 Å². The summed E-state index contributed by atoms with van der Waals surface area (Å²) >= 11 is 0. The van der Waals surface area contributed by atoms with E-state index in [-0.39, 0.29) is 38.7 Å². The van der Waals surface area contributed by atoms with Crippen LogP contribution in [0.1, 0.15) is 17.3 Å². The molecule has 0 unspecified atom stereocenters. The van der Waals surface area contributed by atoms with Crippen molar-refractivity contribution in [2.75, 3.05) is 6.61 Å². The number of ether oxygens (including phenoxy) is 1. The summed E-state index contributed by atoms with van der Waals surface area (Å²) in [5, 5.41) is 0. The number of rotatable bonds is 2. The zero-order valence-corrected chi connectivity index (χ0v) is 9.75. The first-order chi connectivity index (χ1) is 5.34. The van der Waals surface area contributed by atoms with E-state index < -0.39 is 0 Å². The summed E-state index contributed by atoms with van der Waals surface area (Å²) in [5.74, 6) is -0.312. The molecule has 0 atom stereocenters. The Labute approximate surface area is 97.2 Å². The molecule has 3 heteroatoms. The molecule has 0 aliphatic carbocycles. The van der Waals surface area contributed by atoms with Crippen LogP contribution in [0.25, 0.3) is 0 Å². The molecule has 0 saturated heterocycles. The van der Waals surface area contributed by atoms with Gasteiger partial charge in [-0.1, -0.05) is 5.56 Å². The van der Waals surface area contributed by atoms with Crippen molar-refractivity contribution in [1.82, 2.24) is 0 Å². The summed E-state index contributed by atoms with van der Waals surface area (Å²) in [5.41, 5.74) is 0.481. The zero-order chi connectivity index (χ0) is 8.10. The molecule has 12 heavy (non-hydrogen) atoms. The predicted octanol–water partition coefficient (Wildman–Crippen LogP) is 1.66. The standard InChI is InChI=1S/C9H9O2.Y/c1-2-11-9(10)8-6-4-3-5-7-8;/h3-6H,2H2,1H3;/q-1;. The first-order valence-electron chi connectivity index (χ1n) is 3.48. The number of carbonyl (C=O) groups is 1. The summed E-state index contributed by atoms with van der Waals surface area (Å²) in [6.07, 6.45) is 0. The van der Waals surface area contributed by atoms with Gasteiger partial charge in [-0.2, -0.15) is 0 Å². The summed E-state index contributed by atoms with van der Waals surface area (Å²) in [4.78, 5) is 11.0. The third kappa shape index (κ3) is 3.46. The van der Waals surface area contributed by atoms with Crippen molar-refractivity contribution in [3.05, 3.63) is 35.9 Å². The van der Waals surface area contributed by atoms with E-state index in [2.05, 4.69) is 6.07 Å². The van der Waals surface area contributed by atoms with Gasteiger partial charge in [-0.3, -0.25) is 0 Å². The second kappa shape index (κ2) is 6.33. The van der Waals surface area contributed by atoms with Crippen LogP contribution >= 0.6 is 0 Å². The monoisotopic (exact) mass is 238 g/mol. The Bertz CT molecular complexity index is 234. The van der Waals surface area contributed by atoms with Gasteiger partial charge in [0.15, 0.2) is 0 Å². The number of esters is 1. The van der Waals surface area contributed by atoms with E-state index >= 15 is 0 Å². The van der Waals surface area contributed by atoms with Crippen LogP contribution in [0.5, 0.6) is 0 Å². The van der Waals surface area contributed by atoms with E-state index in [4.69, 9.17) is 4.74 Å². The Morgan fingerprint density at radius 3 is 2.83 bits per heavy atom. The predicted molar refractivity (Wildman–Crippen MR) is 41.2 cm³/mol. The molecule has 1 aromatic rings. The fourth-order valence-electron chi connectivity index (χ4n) is 0.729. The third-order valence-corrected chi connectivity index (χ3v) is 1.20. The van der Waals surface area contributed by atoms with Crippen LogP contribution in [0.15, 0.2) is 24.3 Å². The largest absolute Gasteiger partial charge is 0.506 e. The van der Waals surface area contributed by atoms with Crippen molar-refractivity contribution in [3.8, 4) is 0 Å². The van der Waals surface area contributed by atoms with E-state index in [1.165, 1.54) is 0 Å². The first kappa shape index (κ1) is 11.8. The van der Waals surface area contributed by atoms with Gasteiger partial charge < -0.3 is 9.53 Å². The number of benzene rings is 1. The van der Waals surface area contributed by atoms with Gasteiger partial charge in [-0.15, -0.1) is 30.3 Å². The Balaban J connectivity index is 0.00000121. The molecule has 0 bridgehead atoms. The van der Waals surface area contributed by atoms with Gasteiger partial charge in [0.05, 0.1) is 6.61 Å². The zero-order valence-electron chi connectivity index (χ0n) is 6.91. The Hall–Kier alpha value is -0.206. The molecule has 1 rings (SSSR count).